The van der Waals surface area contributed by atoms with Crippen LogP contribution in [0.2, 0.25) is 0 Å². The van der Waals surface area contributed by atoms with Gasteiger partial charge in [-0.15, -0.1) is 0 Å². The van der Waals surface area contributed by atoms with Crippen molar-refractivity contribution >= 4 is 76.0 Å². The number of rotatable bonds is 17. The van der Waals surface area contributed by atoms with Gasteiger partial charge in [0, 0.05) is 63.5 Å². The number of unbranched alkanes of at least 4 members (excludes halogenated alkanes) is 13. The number of carbonyl (C=O) groups is 2. The van der Waals surface area contributed by atoms with Crippen molar-refractivity contribution in [1.29, 1.82) is 0 Å². The minimum Gasteiger partial charge on any atom is -0.478 e. The first-order valence-corrected chi connectivity index (χ1v) is 11.2. The number of carboxylic acids is 2. The van der Waals surface area contributed by atoms with E-state index >= 15 is 0 Å². The van der Waals surface area contributed by atoms with Crippen molar-refractivity contribution in [2.24, 2.45) is 0 Å². The molecule has 0 fully saturated rings. The summed E-state index contributed by atoms with van der Waals surface area (Å²) in [7, 11) is 0. The average molecular weight is 442 g/mol. The van der Waals surface area contributed by atoms with E-state index in [4.69, 9.17) is 10.2 Å². The van der Waals surface area contributed by atoms with Crippen LogP contribution in [0.25, 0.3) is 0 Å². The summed E-state index contributed by atoms with van der Waals surface area (Å²) in [5, 5.41) is 16.2. The second-order valence-corrected chi connectivity index (χ2v) is 8.13. The Hall–Kier alpha value is 0.666. The molecule has 28 heavy (non-hydrogen) atoms. The van der Waals surface area contributed by atoms with Crippen LogP contribution < -0.4 is 0 Å². The molecular weight excluding hydrogens is 399 g/mol. The van der Waals surface area contributed by atoms with Crippen LogP contribution >= 0.6 is 12.6 Å². The molecule has 4 nitrogen and oxygen atoms in total. The summed E-state index contributed by atoms with van der Waals surface area (Å²) in [6.45, 7) is 4.49. The Morgan fingerprint density at radius 2 is 1.00 bits per heavy atom. The number of hydrogen-bond donors (Lipinski definition) is 3. The Bertz CT molecular complexity index is 358. The standard InChI is InChI=1S/C18H38S.C4H4O4.K/c1-3-4-5-6-7-8-9-10-11-12-13-14-15-16-17-18(2)19;5-3(6)1-2-4(7)8;/h18-19H,3-17H2,1-2H3;1-2H,(H,5,6)(H,7,8);/b;2-1-;. The molecule has 0 amide bonds. The van der Waals surface area contributed by atoms with Crippen LogP contribution in [0.15, 0.2) is 12.2 Å². The van der Waals surface area contributed by atoms with Gasteiger partial charge in [0.2, 0.25) is 0 Å². The van der Waals surface area contributed by atoms with Gasteiger partial charge in [0.25, 0.3) is 0 Å². The normalized spacial score (nSPS) is 11.4. The summed E-state index contributed by atoms with van der Waals surface area (Å²) < 4.78 is 0. The third-order valence-corrected chi connectivity index (χ3v) is 4.60. The Morgan fingerprint density at radius 3 is 1.25 bits per heavy atom. The van der Waals surface area contributed by atoms with Crippen LogP contribution in [-0.2, 0) is 9.59 Å². The molecule has 1 unspecified atom stereocenters. The molecule has 161 valence electrons. The maximum atomic E-state index is 9.55. The van der Waals surface area contributed by atoms with Gasteiger partial charge in [0.05, 0.1) is 0 Å². The predicted molar refractivity (Wildman–Crippen MR) is 124 cm³/mol. The molecule has 0 aromatic heterocycles. The molecule has 0 aliphatic rings. The Kier molecular flexibility index (Phi) is 32.9. The fraction of sp³-hybridized carbons (Fsp3) is 0.818. The summed E-state index contributed by atoms with van der Waals surface area (Å²) in [6.07, 6.45) is 22.7. The van der Waals surface area contributed by atoms with Crippen molar-refractivity contribution < 1.29 is 19.8 Å². The number of thiol groups is 1. The first-order chi connectivity index (χ1) is 12.9. The van der Waals surface area contributed by atoms with Gasteiger partial charge in [-0.2, -0.15) is 12.6 Å². The van der Waals surface area contributed by atoms with Crippen molar-refractivity contribution in [3.63, 3.8) is 0 Å². The summed E-state index contributed by atoms with van der Waals surface area (Å²) in [5.41, 5.74) is 0. The van der Waals surface area contributed by atoms with E-state index in [1.807, 2.05) is 0 Å². The molecule has 0 spiro atoms. The van der Waals surface area contributed by atoms with Gasteiger partial charge in [-0.3, -0.25) is 0 Å². The van der Waals surface area contributed by atoms with E-state index in [9.17, 15) is 9.59 Å². The molecule has 0 bridgehead atoms. The van der Waals surface area contributed by atoms with E-state index < -0.39 is 11.9 Å². The molecule has 0 aromatic rings. The summed E-state index contributed by atoms with van der Waals surface area (Å²) in [6, 6.07) is 0. The zero-order valence-corrected chi connectivity index (χ0v) is 22.5. The average Bonchev–Trinajstić information content (AvgIpc) is 2.60. The van der Waals surface area contributed by atoms with Gasteiger partial charge in [0.1, 0.15) is 0 Å². The number of aliphatic carboxylic acids is 2. The molecule has 0 aliphatic heterocycles. The van der Waals surface area contributed by atoms with Crippen molar-refractivity contribution in [1.82, 2.24) is 0 Å². The zero-order valence-electron chi connectivity index (χ0n) is 18.5. The van der Waals surface area contributed by atoms with E-state index in [0.717, 1.165) is 0 Å². The minimum atomic E-state index is -1.26. The van der Waals surface area contributed by atoms with E-state index in [0.29, 0.717) is 17.4 Å². The molecule has 6 heteroatoms. The van der Waals surface area contributed by atoms with Crippen LogP contribution in [0.1, 0.15) is 110 Å². The third kappa shape index (κ3) is 37.4. The largest absolute Gasteiger partial charge is 0.478 e. The van der Waals surface area contributed by atoms with Crippen molar-refractivity contribution in [3.05, 3.63) is 12.2 Å². The molecule has 0 rings (SSSR count). The second-order valence-electron chi connectivity index (χ2n) is 7.24. The maximum absolute atomic E-state index is 9.55. The molecule has 0 saturated heterocycles. The van der Waals surface area contributed by atoms with Gasteiger partial charge in [-0.05, 0) is 11.7 Å². The fourth-order valence-corrected chi connectivity index (χ4v) is 2.96. The van der Waals surface area contributed by atoms with Crippen LogP contribution in [0.5, 0.6) is 0 Å². The number of hydrogen-bond acceptors (Lipinski definition) is 3. The molecule has 1 radical (unpaired) electrons. The quantitative estimate of drug-likeness (QED) is 0.104. The molecular formula is C22H42KO4S. The van der Waals surface area contributed by atoms with Crippen LogP contribution in [0.3, 0.4) is 0 Å². The molecule has 0 heterocycles. The van der Waals surface area contributed by atoms with Crippen molar-refractivity contribution in [2.45, 2.75) is 115 Å². The number of carboxylic acid groups (broad SMARTS) is 2. The Morgan fingerprint density at radius 1 is 0.714 bits per heavy atom. The van der Waals surface area contributed by atoms with Gasteiger partial charge in [-0.25, -0.2) is 9.59 Å². The van der Waals surface area contributed by atoms with E-state index in [1.165, 1.54) is 96.3 Å². The Balaban J connectivity index is -0.000000587. The SMILES string of the molecule is CCCCCCCCCCCCCCCCC(C)S.O=C(O)/C=C\C(=O)O.[K]. The van der Waals surface area contributed by atoms with E-state index in [1.54, 1.807) is 0 Å². The van der Waals surface area contributed by atoms with Gasteiger partial charge < -0.3 is 10.2 Å². The van der Waals surface area contributed by atoms with Crippen LogP contribution in [0.4, 0.5) is 0 Å². The van der Waals surface area contributed by atoms with Gasteiger partial charge in [0.15, 0.2) is 0 Å². The summed E-state index contributed by atoms with van der Waals surface area (Å²) in [5.74, 6) is -2.51. The van der Waals surface area contributed by atoms with Gasteiger partial charge in [-0.1, -0.05) is 104 Å². The molecule has 0 saturated carbocycles. The first-order valence-electron chi connectivity index (χ1n) is 10.7. The van der Waals surface area contributed by atoms with Crippen LogP contribution in [0, 0.1) is 0 Å². The van der Waals surface area contributed by atoms with Gasteiger partial charge >= 0.3 is 11.9 Å². The second kappa shape index (κ2) is 27.7. The molecule has 1 atom stereocenters. The summed E-state index contributed by atoms with van der Waals surface area (Å²) in [4.78, 5) is 19.1. The van der Waals surface area contributed by atoms with Crippen molar-refractivity contribution in [2.75, 3.05) is 0 Å². The third-order valence-electron chi connectivity index (χ3n) is 4.34. The van der Waals surface area contributed by atoms with Crippen LogP contribution in [-0.4, -0.2) is 78.8 Å². The first kappa shape index (κ1) is 33.3. The topological polar surface area (TPSA) is 74.6 Å². The van der Waals surface area contributed by atoms with E-state index in [2.05, 4.69) is 26.5 Å². The fourth-order valence-electron chi connectivity index (χ4n) is 2.78. The summed E-state index contributed by atoms with van der Waals surface area (Å²) >= 11 is 4.42. The molecule has 0 aliphatic carbocycles. The van der Waals surface area contributed by atoms with E-state index in [-0.39, 0.29) is 51.4 Å². The monoisotopic (exact) mass is 441 g/mol. The van der Waals surface area contributed by atoms with Crippen molar-refractivity contribution in [3.8, 4) is 0 Å². The predicted octanol–water partition coefficient (Wildman–Crippen LogP) is 6.51. The molecule has 0 aromatic carbocycles. The zero-order chi connectivity index (χ0) is 20.8. The maximum Gasteiger partial charge on any atom is 0.328 e. The molecule has 2 N–H and O–H groups in total. The smallest absolute Gasteiger partial charge is 0.328 e. The Labute approximate surface area is 221 Å². The minimum absolute atomic E-state index is 0.